The molecule has 0 aromatic rings. The zero-order valence-corrected chi connectivity index (χ0v) is 9.61. The first-order valence-corrected chi connectivity index (χ1v) is 5.39. The molecule has 0 atom stereocenters. The van der Waals surface area contributed by atoms with Crippen molar-refractivity contribution in [3.8, 4) is 0 Å². The van der Waals surface area contributed by atoms with Gasteiger partial charge in [0.2, 0.25) is 0 Å². The molecule has 1 N–H and O–H groups in total. The summed E-state index contributed by atoms with van der Waals surface area (Å²) in [5.74, 6) is 0.884. The standard InChI is InChI=1S/C6H15N.C5H12/c1-3-5-7-6-4-2;1-4-5(2)3/h7H,3-6H2,1-2H3;5H,4H2,1-3H3. The van der Waals surface area contributed by atoms with Gasteiger partial charge in [-0.1, -0.05) is 41.0 Å². The van der Waals surface area contributed by atoms with E-state index in [1.54, 1.807) is 0 Å². The molecule has 0 aliphatic rings. The summed E-state index contributed by atoms with van der Waals surface area (Å²) >= 11 is 0. The summed E-state index contributed by atoms with van der Waals surface area (Å²) in [7, 11) is 0. The van der Waals surface area contributed by atoms with Gasteiger partial charge in [-0.2, -0.15) is 0 Å². The Morgan fingerprint density at radius 1 is 0.917 bits per heavy atom. The fourth-order valence-electron chi connectivity index (χ4n) is 0.479. The minimum absolute atomic E-state index is 0.884. The van der Waals surface area contributed by atoms with Crippen LogP contribution in [0.15, 0.2) is 0 Å². The lowest BCUT2D eigenvalue weighted by atomic mass is 10.2. The first-order valence-electron chi connectivity index (χ1n) is 5.39. The molecule has 0 radical (unpaired) electrons. The lowest BCUT2D eigenvalue weighted by molar-refractivity contribution is 0.626. The second-order valence-electron chi connectivity index (χ2n) is 3.55. The van der Waals surface area contributed by atoms with E-state index in [1.807, 2.05) is 0 Å². The average molecular weight is 173 g/mol. The third-order valence-corrected chi connectivity index (χ3v) is 1.67. The normalized spacial score (nSPS) is 9.50. The van der Waals surface area contributed by atoms with Crippen LogP contribution >= 0.6 is 0 Å². The first kappa shape index (κ1) is 14.5. The maximum absolute atomic E-state index is 3.28. The van der Waals surface area contributed by atoms with Gasteiger partial charge >= 0.3 is 0 Å². The maximum Gasteiger partial charge on any atom is -0.00516 e. The Morgan fingerprint density at radius 2 is 1.25 bits per heavy atom. The molecule has 0 bridgehead atoms. The highest BCUT2D eigenvalue weighted by atomic mass is 14.8. The SMILES string of the molecule is CCC(C)C.CCCNCCC. The highest BCUT2D eigenvalue weighted by Crippen LogP contribution is 1.93. The van der Waals surface area contributed by atoms with E-state index in [9.17, 15) is 0 Å². The summed E-state index contributed by atoms with van der Waals surface area (Å²) in [6.07, 6.45) is 3.81. The second-order valence-corrected chi connectivity index (χ2v) is 3.55. The predicted molar refractivity (Wildman–Crippen MR) is 58.6 cm³/mol. The van der Waals surface area contributed by atoms with Crippen LogP contribution in [0, 0.1) is 5.92 Å². The molecule has 0 aliphatic heterocycles. The quantitative estimate of drug-likeness (QED) is 0.628. The molecular formula is C11H27N. The summed E-state index contributed by atoms with van der Waals surface area (Å²) in [4.78, 5) is 0. The minimum atomic E-state index is 0.884. The maximum atomic E-state index is 3.28. The Kier molecular flexibility index (Phi) is 16.3. The van der Waals surface area contributed by atoms with E-state index < -0.39 is 0 Å². The van der Waals surface area contributed by atoms with E-state index in [1.165, 1.54) is 32.4 Å². The van der Waals surface area contributed by atoms with Crippen LogP contribution in [-0.4, -0.2) is 13.1 Å². The molecule has 1 nitrogen and oxygen atoms in total. The molecule has 0 aliphatic carbocycles. The van der Waals surface area contributed by atoms with Gasteiger partial charge in [0.1, 0.15) is 0 Å². The van der Waals surface area contributed by atoms with Crippen molar-refractivity contribution in [2.45, 2.75) is 53.9 Å². The lowest BCUT2D eigenvalue weighted by Crippen LogP contribution is -2.14. The van der Waals surface area contributed by atoms with Crippen molar-refractivity contribution in [2.75, 3.05) is 13.1 Å². The van der Waals surface area contributed by atoms with Gasteiger partial charge in [0.15, 0.2) is 0 Å². The first-order chi connectivity index (χ1) is 5.68. The van der Waals surface area contributed by atoms with Crippen LogP contribution in [0.2, 0.25) is 0 Å². The van der Waals surface area contributed by atoms with Crippen molar-refractivity contribution < 1.29 is 0 Å². The van der Waals surface area contributed by atoms with Gasteiger partial charge in [0, 0.05) is 0 Å². The molecular weight excluding hydrogens is 146 g/mol. The Labute approximate surface area is 78.9 Å². The van der Waals surface area contributed by atoms with Gasteiger partial charge < -0.3 is 5.32 Å². The van der Waals surface area contributed by atoms with Crippen LogP contribution in [0.1, 0.15) is 53.9 Å². The molecule has 0 saturated carbocycles. The topological polar surface area (TPSA) is 12.0 Å². The number of nitrogens with one attached hydrogen (secondary N) is 1. The number of rotatable bonds is 5. The van der Waals surface area contributed by atoms with Crippen molar-refractivity contribution in [1.29, 1.82) is 0 Å². The molecule has 12 heavy (non-hydrogen) atoms. The highest BCUT2D eigenvalue weighted by molar-refractivity contribution is 4.39. The Balaban J connectivity index is 0. The van der Waals surface area contributed by atoms with Gasteiger partial charge in [-0.15, -0.1) is 0 Å². The van der Waals surface area contributed by atoms with E-state index in [2.05, 4.69) is 39.9 Å². The van der Waals surface area contributed by atoms with Crippen molar-refractivity contribution in [1.82, 2.24) is 5.32 Å². The van der Waals surface area contributed by atoms with Crippen LogP contribution in [0.4, 0.5) is 0 Å². The molecule has 0 unspecified atom stereocenters. The molecule has 0 spiro atoms. The van der Waals surface area contributed by atoms with Crippen molar-refractivity contribution >= 4 is 0 Å². The van der Waals surface area contributed by atoms with Gasteiger partial charge in [-0.05, 0) is 31.8 Å². The number of hydrogen-bond acceptors (Lipinski definition) is 1. The molecule has 0 saturated heterocycles. The summed E-state index contributed by atoms with van der Waals surface area (Å²) in [6.45, 7) is 13.4. The predicted octanol–water partition coefficient (Wildman–Crippen LogP) is 3.45. The Bertz CT molecular complexity index is 56.0. The fourth-order valence-corrected chi connectivity index (χ4v) is 0.479. The summed E-state index contributed by atoms with van der Waals surface area (Å²) < 4.78 is 0. The smallest absolute Gasteiger partial charge is 0.00516 e. The largest absolute Gasteiger partial charge is 0.317 e. The molecule has 76 valence electrons. The van der Waals surface area contributed by atoms with E-state index in [4.69, 9.17) is 0 Å². The Hall–Kier alpha value is -0.0400. The zero-order valence-electron chi connectivity index (χ0n) is 9.61. The lowest BCUT2D eigenvalue weighted by Gasteiger charge is -1.95. The van der Waals surface area contributed by atoms with E-state index in [-0.39, 0.29) is 0 Å². The summed E-state index contributed by atoms with van der Waals surface area (Å²) in [5, 5.41) is 3.28. The van der Waals surface area contributed by atoms with Crippen LogP contribution in [0.5, 0.6) is 0 Å². The molecule has 0 aromatic heterocycles. The van der Waals surface area contributed by atoms with Crippen molar-refractivity contribution in [3.05, 3.63) is 0 Å². The molecule has 0 fully saturated rings. The molecule has 0 rings (SSSR count). The molecule has 0 aromatic carbocycles. The van der Waals surface area contributed by atoms with Gasteiger partial charge in [-0.3, -0.25) is 0 Å². The third kappa shape index (κ3) is 22.5. The average Bonchev–Trinajstić information content (AvgIpc) is 2.07. The van der Waals surface area contributed by atoms with Crippen LogP contribution in [-0.2, 0) is 0 Å². The fraction of sp³-hybridized carbons (Fsp3) is 1.00. The van der Waals surface area contributed by atoms with E-state index in [0.717, 1.165) is 5.92 Å². The van der Waals surface area contributed by atoms with Gasteiger partial charge in [0.05, 0.1) is 0 Å². The van der Waals surface area contributed by atoms with Gasteiger partial charge in [0.25, 0.3) is 0 Å². The van der Waals surface area contributed by atoms with Crippen molar-refractivity contribution in [3.63, 3.8) is 0 Å². The minimum Gasteiger partial charge on any atom is -0.317 e. The highest BCUT2D eigenvalue weighted by Gasteiger charge is 1.80. The van der Waals surface area contributed by atoms with Crippen LogP contribution in [0.3, 0.4) is 0 Å². The monoisotopic (exact) mass is 173 g/mol. The summed E-state index contributed by atoms with van der Waals surface area (Å²) in [6, 6.07) is 0. The molecule has 0 heterocycles. The molecule has 0 amide bonds. The second kappa shape index (κ2) is 13.5. The zero-order chi connectivity index (χ0) is 9.82. The number of hydrogen-bond donors (Lipinski definition) is 1. The summed E-state index contributed by atoms with van der Waals surface area (Å²) in [5.41, 5.74) is 0. The van der Waals surface area contributed by atoms with Gasteiger partial charge in [-0.25, -0.2) is 0 Å². The van der Waals surface area contributed by atoms with E-state index >= 15 is 0 Å². The van der Waals surface area contributed by atoms with Crippen LogP contribution < -0.4 is 5.32 Å². The molecule has 1 heteroatoms. The third-order valence-electron chi connectivity index (χ3n) is 1.67. The Morgan fingerprint density at radius 3 is 1.42 bits per heavy atom. The van der Waals surface area contributed by atoms with E-state index in [0.29, 0.717) is 0 Å². The van der Waals surface area contributed by atoms with Crippen molar-refractivity contribution in [2.24, 2.45) is 5.92 Å². The van der Waals surface area contributed by atoms with Crippen LogP contribution in [0.25, 0.3) is 0 Å².